The smallest absolute Gasteiger partial charge is 0.297 e. The van der Waals surface area contributed by atoms with E-state index in [9.17, 15) is 4.79 Å². The average Bonchev–Trinajstić information content (AvgIpc) is 1.96. The topological polar surface area (TPSA) is 35.5 Å². The number of carbonyl (C=O) groups is 1. The van der Waals surface area contributed by atoms with Crippen molar-refractivity contribution in [2.75, 3.05) is 0 Å². The van der Waals surface area contributed by atoms with Gasteiger partial charge in [-0.2, -0.15) is 4.89 Å². The molecule has 0 rings (SSSR count). The van der Waals surface area contributed by atoms with E-state index in [0.717, 1.165) is 12.5 Å². The zero-order valence-electron chi connectivity index (χ0n) is 10.0. The maximum atomic E-state index is 11.3. The van der Waals surface area contributed by atoms with Crippen LogP contribution in [0.4, 0.5) is 0 Å². The summed E-state index contributed by atoms with van der Waals surface area (Å²) in [6.45, 7) is 11.3. The molecule has 0 aliphatic carbocycles. The molecule has 0 aromatic carbocycles. The van der Waals surface area contributed by atoms with Gasteiger partial charge in [0.2, 0.25) is 0 Å². The SMILES string of the molecule is C[C](CC(C)C)OOC(=O)C(C)(C)C. The summed E-state index contributed by atoms with van der Waals surface area (Å²) in [6.07, 6.45) is 1.54. The Bertz CT molecular complexity index is 179. The van der Waals surface area contributed by atoms with Crippen LogP contribution in [0.15, 0.2) is 0 Å². The van der Waals surface area contributed by atoms with E-state index in [1.54, 1.807) is 20.8 Å². The molecule has 0 amide bonds. The van der Waals surface area contributed by atoms with E-state index in [2.05, 4.69) is 13.8 Å². The molecule has 3 nitrogen and oxygen atoms in total. The molecule has 0 atom stereocenters. The van der Waals surface area contributed by atoms with Crippen LogP contribution in [0, 0.1) is 17.4 Å². The molecule has 0 heterocycles. The van der Waals surface area contributed by atoms with Gasteiger partial charge in [0, 0.05) is 0 Å². The van der Waals surface area contributed by atoms with Crippen molar-refractivity contribution in [3.8, 4) is 0 Å². The van der Waals surface area contributed by atoms with Crippen molar-refractivity contribution >= 4 is 5.97 Å². The summed E-state index contributed by atoms with van der Waals surface area (Å²) in [5.41, 5.74) is -0.516. The van der Waals surface area contributed by atoms with E-state index in [-0.39, 0.29) is 5.97 Å². The van der Waals surface area contributed by atoms with Crippen LogP contribution in [-0.2, 0) is 14.6 Å². The third kappa shape index (κ3) is 5.97. The average molecular weight is 201 g/mol. The Kier molecular flexibility index (Phi) is 5.13. The summed E-state index contributed by atoms with van der Waals surface area (Å²) >= 11 is 0. The second-order valence-corrected chi connectivity index (χ2v) is 5.00. The van der Waals surface area contributed by atoms with Gasteiger partial charge in [0.25, 0.3) is 0 Å². The molecule has 0 aliphatic heterocycles. The summed E-state index contributed by atoms with van der Waals surface area (Å²) < 4.78 is 0. The fourth-order valence-corrected chi connectivity index (χ4v) is 0.843. The molecule has 14 heavy (non-hydrogen) atoms. The Morgan fingerprint density at radius 2 is 1.71 bits per heavy atom. The van der Waals surface area contributed by atoms with Gasteiger partial charge in [0.1, 0.15) is 6.10 Å². The van der Waals surface area contributed by atoms with Crippen LogP contribution in [0.1, 0.15) is 48.0 Å². The van der Waals surface area contributed by atoms with Crippen molar-refractivity contribution in [3.05, 3.63) is 6.10 Å². The Balaban J connectivity index is 3.78. The highest BCUT2D eigenvalue weighted by atomic mass is 17.2. The van der Waals surface area contributed by atoms with Gasteiger partial charge >= 0.3 is 5.97 Å². The summed E-state index contributed by atoms with van der Waals surface area (Å²) in [5.74, 6) is 0.156. The van der Waals surface area contributed by atoms with E-state index >= 15 is 0 Å². The predicted octanol–water partition coefficient (Wildman–Crippen LogP) is 3.11. The van der Waals surface area contributed by atoms with Crippen molar-refractivity contribution in [3.63, 3.8) is 0 Å². The van der Waals surface area contributed by atoms with Gasteiger partial charge in [0.05, 0.1) is 5.41 Å². The van der Waals surface area contributed by atoms with Crippen LogP contribution in [0.2, 0.25) is 0 Å². The van der Waals surface area contributed by atoms with E-state index in [1.165, 1.54) is 0 Å². The van der Waals surface area contributed by atoms with Crippen LogP contribution in [-0.4, -0.2) is 5.97 Å². The van der Waals surface area contributed by atoms with E-state index in [0.29, 0.717) is 5.92 Å². The van der Waals surface area contributed by atoms with Crippen LogP contribution in [0.5, 0.6) is 0 Å². The normalized spacial score (nSPS) is 12.3. The standard InChI is InChI=1S/C11H21O3/c1-8(2)7-9(3)13-14-10(12)11(4,5)6/h8H,7H2,1-6H3. The predicted molar refractivity (Wildman–Crippen MR) is 55.0 cm³/mol. The molecule has 0 aliphatic rings. The minimum Gasteiger partial charge on any atom is -0.297 e. The van der Waals surface area contributed by atoms with E-state index in [1.807, 2.05) is 6.92 Å². The first kappa shape index (κ1) is 13.4. The molecular weight excluding hydrogens is 180 g/mol. The molecule has 0 fully saturated rings. The number of hydrogen-bond donors (Lipinski definition) is 0. The van der Waals surface area contributed by atoms with Gasteiger partial charge in [-0.15, -0.1) is 0 Å². The highest BCUT2D eigenvalue weighted by molar-refractivity contribution is 5.74. The molecule has 0 saturated carbocycles. The molecule has 0 aromatic heterocycles. The van der Waals surface area contributed by atoms with Gasteiger partial charge in [0.15, 0.2) is 0 Å². The first-order valence-corrected chi connectivity index (χ1v) is 4.95. The quantitative estimate of drug-likeness (QED) is 0.518. The zero-order valence-corrected chi connectivity index (χ0v) is 10.0. The summed E-state index contributed by atoms with van der Waals surface area (Å²) in [6, 6.07) is 0. The second-order valence-electron chi connectivity index (χ2n) is 5.00. The molecule has 83 valence electrons. The Hall–Kier alpha value is -0.570. The highest BCUT2D eigenvalue weighted by Gasteiger charge is 2.25. The lowest BCUT2D eigenvalue weighted by atomic mass is 9.98. The first-order chi connectivity index (χ1) is 6.23. The Morgan fingerprint density at radius 1 is 1.21 bits per heavy atom. The maximum absolute atomic E-state index is 11.3. The van der Waals surface area contributed by atoms with Gasteiger partial charge in [-0.05, 0) is 40.0 Å². The van der Waals surface area contributed by atoms with Crippen LogP contribution in [0.25, 0.3) is 0 Å². The molecule has 0 saturated heterocycles. The molecule has 0 bridgehead atoms. The summed E-state index contributed by atoms with van der Waals surface area (Å²) in [7, 11) is 0. The molecule has 0 unspecified atom stereocenters. The molecule has 3 heteroatoms. The molecular formula is C11H21O3. The maximum Gasteiger partial charge on any atom is 0.347 e. The molecule has 0 spiro atoms. The fraction of sp³-hybridized carbons (Fsp3) is 0.818. The van der Waals surface area contributed by atoms with Crippen molar-refractivity contribution in [1.29, 1.82) is 0 Å². The Labute approximate surface area is 86.7 Å². The third-order valence-corrected chi connectivity index (χ3v) is 1.57. The van der Waals surface area contributed by atoms with Crippen LogP contribution < -0.4 is 0 Å². The number of carbonyl (C=O) groups excluding carboxylic acids is 1. The van der Waals surface area contributed by atoms with E-state index in [4.69, 9.17) is 9.78 Å². The fourth-order valence-electron chi connectivity index (χ4n) is 0.843. The van der Waals surface area contributed by atoms with Gasteiger partial charge in [-0.1, -0.05) is 13.8 Å². The minimum atomic E-state index is -0.516. The lowest BCUT2D eigenvalue weighted by molar-refractivity contribution is -0.274. The highest BCUT2D eigenvalue weighted by Crippen LogP contribution is 2.19. The third-order valence-electron chi connectivity index (χ3n) is 1.57. The molecule has 1 radical (unpaired) electrons. The first-order valence-electron chi connectivity index (χ1n) is 4.95. The van der Waals surface area contributed by atoms with Crippen molar-refractivity contribution in [1.82, 2.24) is 0 Å². The number of rotatable bonds is 4. The van der Waals surface area contributed by atoms with Crippen molar-refractivity contribution < 1.29 is 14.6 Å². The molecule has 0 aromatic rings. The largest absolute Gasteiger partial charge is 0.347 e. The van der Waals surface area contributed by atoms with Crippen LogP contribution in [0.3, 0.4) is 0 Å². The lowest BCUT2D eigenvalue weighted by Gasteiger charge is -2.17. The zero-order chi connectivity index (χ0) is 11.4. The Morgan fingerprint density at radius 3 is 2.07 bits per heavy atom. The number of hydrogen-bond acceptors (Lipinski definition) is 3. The molecule has 0 N–H and O–H groups in total. The van der Waals surface area contributed by atoms with Crippen LogP contribution >= 0.6 is 0 Å². The summed E-state index contributed by atoms with van der Waals surface area (Å²) in [5, 5.41) is 0. The van der Waals surface area contributed by atoms with E-state index < -0.39 is 5.41 Å². The van der Waals surface area contributed by atoms with Gasteiger partial charge < -0.3 is 0 Å². The van der Waals surface area contributed by atoms with Gasteiger partial charge in [-0.3, -0.25) is 4.89 Å². The monoisotopic (exact) mass is 201 g/mol. The van der Waals surface area contributed by atoms with Crippen molar-refractivity contribution in [2.45, 2.75) is 48.0 Å². The van der Waals surface area contributed by atoms with Crippen molar-refractivity contribution in [2.24, 2.45) is 11.3 Å². The van der Waals surface area contributed by atoms with Gasteiger partial charge in [-0.25, -0.2) is 4.79 Å². The lowest BCUT2D eigenvalue weighted by Crippen LogP contribution is -2.23. The minimum absolute atomic E-state index is 0.347. The summed E-state index contributed by atoms with van der Waals surface area (Å²) in [4.78, 5) is 20.9. The second kappa shape index (κ2) is 5.35.